The van der Waals surface area contributed by atoms with Crippen LogP contribution in [0.3, 0.4) is 0 Å². The fraction of sp³-hybridized carbons (Fsp3) is 0.333. The fourth-order valence-electron chi connectivity index (χ4n) is 3.80. The van der Waals surface area contributed by atoms with Crippen LogP contribution in [0.2, 0.25) is 0 Å². The molecule has 0 spiro atoms. The minimum atomic E-state index is -0.418. The Balaban J connectivity index is 1.26. The molecule has 6 nitrogen and oxygen atoms in total. The number of imidazole rings is 1. The molecule has 0 saturated carbocycles. The number of thioether (sulfide) groups is 2. The molecule has 0 amide bonds. The number of hydrogen-bond acceptors (Lipinski definition) is 7. The van der Waals surface area contributed by atoms with Crippen molar-refractivity contribution >= 4 is 41.2 Å². The molecule has 4 heterocycles. The Bertz CT molecular complexity index is 1080. The minimum absolute atomic E-state index is 0.344. The lowest BCUT2D eigenvalue weighted by Gasteiger charge is -2.21. The van der Waals surface area contributed by atoms with E-state index in [0.29, 0.717) is 6.29 Å². The number of fused-ring (bicyclic) bond motifs is 1. The smallest absolute Gasteiger partial charge is 0.217 e. The van der Waals surface area contributed by atoms with E-state index in [1.54, 1.807) is 18.0 Å². The lowest BCUT2D eigenvalue weighted by Crippen LogP contribution is -2.38. The van der Waals surface area contributed by atoms with E-state index in [9.17, 15) is 9.59 Å². The van der Waals surface area contributed by atoms with E-state index in [0.717, 1.165) is 54.4 Å². The summed E-state index contributed by atoms with van der Waals surface area (Å²) in [6, 6.07) is 9.71. The molecule has 0 radical (unpaired) electrons. The zero-order valence-electron chi connectivity index (χ0n) is 17.8. The molecule has 1 aliphatic heterocycles. The summed E-state index contributed by atoms with van der Waals surface area (Å²) in [6.07, 6.45) is 13.8. The Kier molecular flexibility index (Phi) is 8.14. The second-order valence-electron chi connectivity index (χ2n) is 7.59. The summed E-state index contributed by atoms with van der Waals surface area (Å²) >= 11 is 3.49. The van der Waals surface area contributed by atoms with Gasteiger partial charge in [-0.25, -0.2) is 4.98 Å². The molecule has 3 aromatic heterocycles. The van der Waals surface area contributed by atoms with Crippen molar-refractivity contribution in [3.05, 3.63) is 71.7 Å². The van der Waals surface area contributed by atoms with Gasteiger partial charge in [0.25, 0.3) is 0 Å². The SMILES string of the molecule is O=CC(=O)C1C(=CCCc2cccnc2)SCN1CCCCSc1cccc2nccn12. The molecule has 4 rings (SSSR count). The average Bonchev–Trinajstić information content (AvgIpc) is 3.46. The first kappa shape index (κ1) is 22.8. The van der Waals surface area contributed by atoms with Crippen molar-refractivity contribution in [2.75, 3.05) is 18.2 Å². The average molecular weight is 467 g/mol. The molecule has 1 saturated heterocycles. The van der Waals surface area contributed by atoms with Crippen molar-refractivity contribution in [3.63, 3.8) is 0 Å². The maximum atomic E-state index is 12.4. The largest absolute Gasteiger partial charge is 0.295 e. The number of pyridine rings is 2. The highest BCUT2D eigenvalue weighted by molar-refractivity contribution is 8.03. The number of ketones is 1. The molecule has 166 valence electrons. The van der Waals surface area contributed by atoms with Gasteiger partial charge < -0.3 is 0 Å². The van der Waals surface area contributed by atoms with Crippen molar-refractivity contribution in [2.24, 2.45) is 0 Å². The second kappa shape index (κ2) is 11.4. The Morgan fingerprint density at radius 2 is 2.16 bits per heavy atom. The summed E-state index contributed by atoms with van der Waals surface area (Å²) in [6.45, 7) is 0.813. The first-order valence-electron chi connectivity index (χ1n) is 10.8. The van der Waals surface area contributed by atoms with Crippen molar-refractivity contribution in [1.82, 2.24) is 19.3 Å². The fourth-order valence-corrected chi connectivity index (χ4v) is 6.08. The van der Waals surface area contributed by atoms with Crippen LogP contribution in [0.1, 0.15) is 24.8 Å². The maximum Gasteiger partial charge on any atom is 0.217 e. The first-order chi connectivity index (χ1) is 15.8. The van der Waals surface area contributed by atoms with Crippen LogP contribution in [0.25, 0.3) is 5.65 Å². The molecular weight excluding hydrogens is 440 g/mol. The molecule has 8 heteroatoms. The van der Waals surface area contributed by atoms with Crippen LogP contribution in [0.4, 0.5) is 0 Å². The number of rotatable bonds is 11. The van der Waals surface area contributed by atoms with Crippen molar-refractivity contribution in [2.45, 2.75) is 36.8 Å². The Labute approximate surface area is 196 Å². The summed E-state index contributed by atoms with van der Waals surface area (Å²) in [5.74, 6) is 1.41. The summed E-state index contributed by atoms with van der Waals surface area (Å²) in [5.41, 5.74) is 2.13. The topological polar surface area (TPSA) is 67.6 Å². The van der Waals surface area contributed by atoms with Gasteiger partial charge in [-0.05, 0) is 55.2 Å². The van der Waals surface area contributed by atoms with Crippen LogP contribution < -0.4 is 0 Å². The lowest BCUT2D eigenvalue weighted by atomic mass is 10.1. The van der Waals surface area contributed by atoms with E-state index < -0.39 is 6.04 Å². The predicted molar refractivity (Wildman–Crippen MR) is 130 cm³/mol. The lowest BCUT2D eigenvalue weighted by molar-refractivity contribution is -0.132. The number of hydrogen-bond donors (Lipinski definition) is 0. The number of carbonyl (C=O) groups excluding carboxylic acids is 2. The van der Waals surface area contributed by atoms with Gasteiger partial charge in [0.1, 0.15) is 11.7 Å². The zero-order valence-corrected chi connectivity index (χ0v) is 19.4. The summed E-state index contributed by atoms with van der Waals surface area (Å²) in [5, 5.41) is 1.18. The number of carbonyl (C=O) groups is 2. The molecule has 0 aliphatic carbocycles. The number of aryl methyl sites for hydroxylation is 1. The van der Waals surface area contributed by atoms with Gasteiger partial charge in [0.15, 0.2) is 6.29 Å². The normalized spacial score (nSPS) is 17.9. The number of nitrogens with zero attached hydrogens (tertiary/aromatic N) is 4. The maximum absolute atomic E-state index is 12.4. The molecule has 0 N–H and O–H groups in total. The standard InChI is InChI=1S/C24H26N4O2S2/c29-17-20(30)24-21(8-3-6-19-7-5-11-25-16-19)32-18-27(24)13-1-2-15-31-23-10-4-9-22-26-12-14-28(22)23/h4-5,7-12,14,16-17,24H,1-3,6,13,15,18H2. The molecule has 1 unspecified atom stereocenters. The van der Waals surface area contributed by atoms with Crippen LogP contribution in [0.5, 0.6) is 0 Å². The molecule has 3 aromatic rings. The third kappa shape index (κ3) is 5.68. The van der Waals surface area contributed by atoms with Gasteiger partial charge in [-0.1, -0.05) is 18.2 Å². The third-order valence-corrected chi connectivity index (χ3v) is 7.70. The van der Waals surface area contributed by atoms with Gasteiger partial charge in [-0.15, -0.1) is 23.5 Å². The van der Waals surface area contributed by atoms with Crippen LogP contribution in [-0.2, 0) is 16.0 Å². The molecule has 0 bridgehead atoms. The number of unbranched alkanes of at least 4 members (excludes halogenated alkanes) is 1. The van der Waals surface area contributed by atoms with E-state index in [-0.39, 0.29) is 5.78 Å². The third-order valence-electron chi connectivity index (χ3n) is 5.40. The van der Waals surface area contributed by atoms with E-state index in [1.165, 1.54) is 10.6 Å². The van der Waals surface area contributed by atoms with Gasteiger partial charge in [0.05, 0.1) is 5.03 Å². The van der Waals surface area contributed by atoms with E-state index in [1.807, 2.05) is 48.6 Å². The highest BCUT2D eigenvalue weighted by Gasteiger charge is 2.34. The number of allylic oxidation sites excluding steroid dienone is 1. The van der Waals surface area contributed by atoms with Crippen LogP contribution in [-0.4, -0.2) is 55.6 Å². The molecule has 1 fully saturated rings. The highest BCUT2D eigenvalue weighted by Crippen LogP contribution is 2.34. The van der Waals surface area contributed by atoms with Crippen molar-refractivity contribution < 1.29 is 9.59 Å². The predicted octanol–water partition coefficient (Wildman–Crippen LogP) is 4.26. The van der Waals surface area contributed by atoms with Gasteiger partial charge in [-0.3, -0.25) is 23.9 Å². The molecule has 1 atom stereocenters. The number of aromatic nitrogens is 3. The minimum Gasteiger partial charge on any atom is -0.295 e. The Morgan fingerprint density at radius 1 is 1.22 bits per heavy atom. The number of aldehydes is 1. The van der Waals surface area contributed by atoms with E-state index in [4.69, 9.17) is 0 Å². The summed E-state index contributed by atoms with van der Waals surface area (Å²) < 4.78 is 2.10. The monoisotopic (exact) mass is 466 g/mol. The molecule has 1 aliphatic rings. The quantitative estimate of drug-likeness (QED) is 0.181. The molecular formula is C24H26N4O2S2. The van der Waals surface area contributed by atoms with E-state index >= 15 is 0 Å². The van der Waals surface area contributed by atoms with Crippen LogP contribution >= 0.6 is 23.5 Å². The van der Waals surface area contributed by atoms with Gasteiger partial charge >= 0.3 is 0 Å². The molecule has 0 aromatic carbocycles. The highest BCUT2D eigenvalue weighted by atomic mass is 32.2. The van der Waals surface area contributed by atoms with Gasteiger partial charge in [0, 0.05) is 42.1 Å². The Hall–Kier alpha value is -2.42. The number of Topliss-reactive ketones (excluding diaryl/α,β-unsaturated/α-hetero) is 1. The molecule has 32 heavy (non-hydrogen) atoms. The van der Waals surface area contributed by atoms with Crippen LogP contribution in [0, 0.1) is 0 Å². The second-order valence-corrected chi connectivity index (χ2v) is 9.72. The van der Waals surface area contributed by atoms with Gasteiger partial charge in [-0.2, -0.15) is 0 Å². The van der Waals surface area contributed by atoms with Crippen molar-refractivity contribution in [1.29, 1.82) is 0 Å². The van der Waals surface area contributed by atoms with Crippen LogP contribution in [0.15, 0.2) is 71.1 Å². The van der Waals surface area contributed by atoms with E-state index in [2.05, 4.69) is 37.5 Å². The summed E-state index contributed by atoms with van der Waals surface area (Å²) in [7, 11) is 0. The van der Waals surface area contributed by atoms with Gasteiger partial charge in [0.2, 0.25) is 5.78 Å². The first-order valence-corrected chi connectivity index (χ1v) is 12.7. The Morgan fingerprint density at radius 3 is 3.00 bits per heavy atom. The summed E-state index contributed by atoms with van der Waals surface area (Å²) in [4.78, 5) is 35.2. The van der Waals surface area contributed by atoms with Crippen molar-refractivity contribution in [3.8, 4) is 0 Å². The zero-order chi connectivity index (χ0) is 22.2.